The van der Waals surface area contributed by atoms with E-state index in [1.54, 1.807) is 27.8 Å². The van der Waals surface area contributed by atoms with Gasteiger partial charge in [0.2, 0.25) is 11.8 Å². The monoisotopic (exact) mass is 509 g/mol. The Morgan fingerprint density at radius 1 is 0.973 bits per heavy atom. The topological polar surface area (TPSA) is 87.7 Å². The van der Waals surface area contributed by atoms with E-state index in [9.17, 15) is 14.4 Å². The Labute approximate surface area is 222 Å². The van der Waals surface area contributed by atoms with Gasteiger partial charge in [0, 0.05) is 19.5 Å². The van der Waals surface area contributed by atoms with Crippen LogP contribution in [-0.4, -0.2) is 47.5 Å². The number of alkyl carbamates (subject to hydrolysis) is 1. The van der Waals surface area contributed by atoms with Crippen molar-refractivity contribution in [3.8, 4) is 0 Å². The fraction of sp³-hybridized carbons (Fsp3) is 0.500. The maximum atomic E-state index is 13.9. The van der Waals surface area contributed by atoms with Crippen LogP contribution in [0.5, 0.6) is 0 Å². The van der Waals surface area contributed by atoms with Crippen molar-refractivity contribution in [3.63, 3.8) is 0 Å². The number of hydrogen-bond donors (Lipinski definition) is 2. The van der Waals surface area contributed by atoms with E-state index < -0.39 is 23.8 Å². The quantitative estimate of drug-likeness (QED) is 0.458. The molecule has 0 aromatic heterocycles. The van der Waals surface area contributed by atoms with Crippen LogP contribution in [0, 0.1) is 13.8 Å². The Kier molecular flexibility index (Phi) is 10.7. The van der Waals surface area contributed by atoms with Crippen LogP contribution in [0.4, 0.5) is 4.79 Å². The minimum atomic E-state index is -0.920. The predicted molar refractivity (Wildman–Crippen MR) is 147 cm³/mol. The molecule has 2 aromatic rings. The van der Waals surface area contributed by atoms with Gasteiger partial charge in [-0.2, -0.15) is 0 Å². The largest absolute Gasteiger partial charge is 0.444 e. The molecule has 0 aliphatic heterocycles. The van der Waals surface area contributed by atoms with Gasteiger partial charge in [-0.1, -0.05) is 73.0 Å². The minimum Gasteiger partial charge on any atom is -0.444 e. The summed E-state index contributed by atoms with van der Waals surface area (Å²) in [6.07, 6.45) is 1.35. The summed E-state index contributed by atoms with van der Waals surface area (Å²) in [5.74, 6) is -0.630. The number of nitrogens with zero attached hydrogens (tertiary/aromatic N) is 1. The highest BCUT2D eigenvalue weighted by Gasteiger charge is 2.34. The van der Waals surface area contributed by atoms with Gasteiger partial charge in [0.05, 0.1) is 0 Å². The van der Waals surface area contributed by atoms with E-state index in [2.05, 4.69) is 17.6 Å². The number of likely N-dealkylation sites (N-methyl/N-ethyl adjacent to an activating group) is 1. The van der Waals surface area contributed by atoms with Crippen LogP contribution in [-0.2, 0) is 20.7 Å². The molecule has 3 amide bonds. The molecular formula is C30H43N3O4. The summed E-state index contributed by atoms with van der Waals surface area (Å²) in [5, 5.41) is 5.82. The third-order valence-corrected chi connectivity index (χ3v) is 5.93. The first kappa shape index (κ1) is 29.9. The number of benzene rings is 2. The van der Waals surface area contributed by atoms with Gasteiger partial charge >= 0.3 is 6.09 Å². The second kappa shape index (κ2) is 13.3. The highest BCUT2D eigenvalue weighted by molar-refractivity contribution is 5.92. The summed E-state index contributed by atoms with van der Waals surface area (Å²) < 4.78 is 5.44. The first-order valence-electron chi connectivity index (χ1n) is 13.0. The molecule has 0 saturated carbocycles. The molecule has 0 spiro atoms. The zero-order chi connectivity index (χ0) is 27.8. The van der Waals surface area contributed by atoms with Crippen LogP contribution >= 0.6 is 0 Å². The van der Waals surface area contributed by atoms with Crippen LogP contribution < -0.4 is 10.6 Å². The molecule has 0 heterocycles. The van der Waals surface area contributed by atoms with Crippen molar-refractivity contribution in [1.29, 1.82) is 0 Å². The smallest absolute Gasteiger partial charge is 0.408 e. The molecule has 0 saturated heterocycles. The Bertz CT molecular complexity index is 1040. The summed E-state index contributed by atoms with van der Waals surface area (Å²) in [6, 6.07) is 13.5. The molecule has 0 radical (unpaired) electrons. The lowest BCUT2D eigenvalue weighted by molar-refractivity contribution is -0.141. The normalized spacial score (nSPS) is 13.7. The Morgan fingerprint density at radius 2 is 1.57 bits per heavy atom. The standard InChI is InChI=1S/C30H43N3O4/c1-9-13-22(4)31-27(34)26(24-17-20(2)16-21(3)18-24)33(8)28(35)25(19-23-14-11-10-12-15-23)32-29(36)37-30(5,6)7/h10-12,14-18,22,25-26H,9,13,19H2,1-8H3,(H,31,34)(H,32,36). The van der Waals surface area contributed by atoms with Gasteiger partial charge in [-0.15, -0.1) is 0 Å². The fourth-order valence-corrected chi connectivity index (χ4v) is 4.42. The van der Waals surface area contributed by atoms with Crippen molar-refractivity contribution < 1.29 is 19.1 Å². The van der Waals surface area contributed by atoms with Crippen LogP contribution in [0.25, 0.3) is 0 Å². The first-order chi connectivity index (χ1) is 17.3. The van der Waals surface area contributed by atoms with Crippen LogP contribution in [0.2, 0.25) is 0 Å². The number of amides is 3. The number of nitrogens with one attached hydrogen (secondary N) is 2. The lowest BCUT2D eigenvalue weighted by Gasteiger charge is -2.32. The summed E-state index contributed by atoms with van der Waals surface area (Å²) in [5.41, 5.74) is 2.90. The van der Waals surface area contributed by atoms with Crippen molar-refractivity contribution in [2.45, 2.75) is 91.5 Å². The van der Waals surface area contributed by atoms with Crippen LogP contribution in [0.1, 0.15) is 75.8 Å². The molecule has 3 atom stereocenters. The fourth-order valence-electron chi connectivity index (χ4n) is 4.42. The Morgan fingerprint density at radius 3 is 2.11 bits per heavy atom. The molecule has 7 heteroatoms. The summed E-state index contributed by atoms with van der Waals surface area (Å²) in [4.78, 5) is 41.6. The molecule has 0 aliphatic carbocycles. The van der Waals surface area contributed by atoms with Crippen LogP contribution in [0.3, 0.4) is 0 Å². The summed E-state index contributed by atoms with van der Waals surface area (Å²) in [6.45, 7) is 13.3. The Hall–Kier alpha value is -3.35. The van der Waals surface area contributed by atoms with Crippen molar-refractivity contribution in [1.82, 2.24) is 15.5 Å². The van der Waals surface area contributed by atoms with E-state index >= 15 is 0 Å². The highest BCUT2D eigenvalue weighted by atomic mass is 16.6. The molecule has 202 valence electrons. The molecule has 2 aromatic carbocycles. The summed E-state index contributed by atoms with van der Waals surface area (Å²) >= 11 is 0. The molecule has 37 heavy (non-hydrogen) atoms. The highest BCUT2D eigenvalue weighted by Crippen LogP contribution is 2.24. The number of hydrogen-bond acceptors (Lipinski definition) is 4. The third kappa shape index (κ3) is 9.56. The van der Waals surface area contributed by atoms with E-state index in [-0.39, 0.29) is 24.3 Å². The molecule has 0 bridgehead atoms. The van der Waals surface area contributed by atoms with Gasteiger partial charge in [0.15, 0.2) is 0 Å². The Balaban J connectivity index is 2.44. The van der Waals surface area contributed by atoms with E-state index in [1.165, 1.54) is 4.90 Å². The number of carbonyl (C=O) groups excluding carboxylic acids is 3. The first-order valence-corrected chi connectivity index (χ1v) is 13.0. The van der Waals surface area contributed by atoms with Crippen molar-refractivity contribution >= 4 is 17.9 Å². The van der Waals surface area contributed by atoms with Gasteiger partial charge in [-0.05, 0) is 59.1 Å². The predicted octanol–water partition coefficient (Wildman–Crippen LogP) is 5.24. The van der Waals surface area contributed by atoms with E-state index in [1.807, 2.05) is 69.3 Å². The molecular weight excluding hydrogens is 466 g/mol. The van der Waals surface area contributed by atoms with E-state index in [0.29, 0.717) is 0 Å². The number of aryl methyl sites for hydroxylation is 2. The molecule has 7 nitrogen and oxygen atoms in total. The number of rotatable bonds is 10. The zero-order valence-corrected chi connectivity index (χ0v) is 23.6. The lowest BCUT2D eigenvalue weighted by atomic mass is 9.97. The van der Waals surface area contributed by atoms with E-state index in [4.69, 9.17) is 4.74 Å². The average molecular weight is 510 g/mol. The van der Waals surface area contributed by atoms with Gasteiger partial charge in [0.25, 0.3) is 0 Å². The van der Waals surface area contributed by atoms with Crippen molar-refractivity contribution in [2.24, 2.45) is 0 Å². The van der Waals surface area contributed by atoms with Crippen LogP contribution in [0.15, 0.2) is 48.5 Å². The molecule has 2 rings (SSSR count). The molecule has 3 unspecified atom stereocenters. The van der Waals surface area contributed by atoms with Gasteiger partial charge in [0.1, 0.15) is 17.7 Å². The number of carbonyl (C=O) groups is 3. The molecule has 2 N–H and O–H groups in total. The van der Waals surface area contributed by atoms with Gasteiger partial charge < -0.3 is 20.3 Å². The second-order valence-electron chi connectivity index (χ2n) is 10.9. The SMILES string of the molecule is CCCC(C)NC(=O)C(c1cc(C)cc(C)c1)N(C)C(=O)C(Cc1ccccc1)NC(=O)OC(C)(C)C. The molecule has 0 fully saturated rings. The number of ether oxygens (including phenoxy) is 1. The maximum Gasteiger partial charge on any atom is 0.408 e. The zero-order valence-electron chi connectivity index (χ0n) is 23.6. The van der Waals surface area contributed by atoms with Gasteiger partial charge in [-0.3, -0.25) is 9.59 Å². The average Bonchev–Trinajstić information content (AvgIpc) is 2.77. The minimum absolute atomic E-state index is 0.0330. The van der Waals surface area contributed by atoms with Gasteiger partial charge in [-0.25, -0.2) is 4.79 Å². The van der Waals surface area contributed by atoms with Crippen molar-refractivity contribution in [3.05, 3.63) is 70.8 Å². The lowest BCUT2D eigenvalue weighted by Crippen LogP contribution is -2.53. The van der Waals surface area contributed by atoms with Crippen molar-refractivity contribution in [2.75, 3.05) is 7.05 Å². The maximum absolute atomic E-state index is 13.9. The third-order valence-electron chi connectivity index (χ3n) is 5.93. The summed E-state index contributed by atoms with van der Waals surface area (Å²) in [7, 11) is 1.61. The molecule has 0 aliphatic rings. The van der Waals surface area contributed by atoms with E-state index in [0.717, 1.165) is 35.1 Å². The second-order valence-corrected chi connectivity index (χ2v) is 10.9.